The molecule has 0 saturated carbocycles. The van der Waals surface area contributed by atoms with E-state index in [1.807, 2.05) is 6.92 Å². The molecule has 0 atom stereocenters. The minimum Gasteiger partial charge on any atom is -0.492 e. The number of aromatic hydroxyl groups is 1. The van der Waals surface area contributed by atoms with E-state index in [2.05, 4.69) is 12.6 Å². The van der Waals surface area contributed by atoms with Crippen molar-refractivity contribution in [1.29, 1.82) is 0 Å². The molecule has 0 aliphatic carbocycles. The van der Waals surface area contributed by atoms with Gasteiger partial charge in [0.05, 0.1) is 0 Å². The number of hydrogen-bond acceptors (Lipinski definition) is 3. The highest BCUT2D eigenvalue weighted by Crippen LogP contribution is 2.18. The van der Waals surface area contributed by atoms with Crippen LogP contribution in [0.25, 0.3) is 0 Å². The van der Waals surface area contributed by atoms with Gasteiger partial charge >= 0.3 is 5.69 Å². The highest BCUT2D eigenvalue weighted by molar-refractivity contribution is 7.80. The van der Waals surface area contributed by atoms with Gasteiger partial charge < -0.3 is 5.11 Å². The zero-order valence-electron chi connectivity index (χ0n) is 7.11. The van der Waals surface area contributed by atoms with Crippen LogP contribution >= 0.6 is 12.6 Å². The summed E-state index contributed by atoms with van der Waals surface area (Å²) in [6.45, 7) is 2.55. The molecule has 0 aliphatic heterocycles. The number of hydrogen-bond donors (Lipinski definition) is 2. The van der Waals surface area contributed by atoms with Gasteiger partial charge in [0.15, 0.2) is 0 Å². The maximum Gasteiger partial charge on any atom is 0.331 e. The van der Waals surface area contributed by atoms with Crippen LogP contribution in [0.2, 0.25) is 0 Å². The van der Waals surface area contributed by atoms with Crippen molar-refractivity contribution in [1.82, 2.24) is 9.13 Å². The van der Waals surface area contributed by atoms with Gasteiger partial charge in [0, 0.05) is 13.6 Å². The van der Waals surface area contributed by atoms with E-state index < -0.39 is 0 Å². The second kappa shape index (κ2) is 3.26. The molecule has 1 aromatic rings. The van der Waals surface area contributed by atoms with Crippen molar-refractivity contribution >= 4 is 12.6 Å². The lowest BCUT2D eigenvalue weighted by atomic mass is 10.5. The first-order valence-corrected chi connectivity index (χ1v) is 4.21. The van der Waals surface area contributed by atoms with E-state index in [1.165, 1.54) is 16.2 Å². The van der Waals surface area contributed by atoms with E-state index >= 15 is 0 Å². The minimum absolute atomic E-state index is 0.0724. The molecule has 0 unspecified atom stereocenters. The molecule has 1 N–H and O–H groups in total. The Labute approximate surface area is 75.9 Å². The van der Waals surface area contributed by atoms with Crippen LogP contribution in [0.5, 0.6) is 5.88 Å². The summed E-state index contributed by atoms with van der Waals surface area (Å²) in [5, 5.41) is 9.64. The van der Waals surface area contributed by atoms with Gasteiger partial charge in [-0.3, -0.25) is 9.13 Å². The Bertz CT molecular complexity index is 340. The lowest BCUT2D eigenvalue weighted by Crippen LogP contribution is -2.22. The molecule has 4 nitrogen and oxygen atoms in total. The van der Waals surface area contributed by atoms with Gasteiger partial charge in [0.1, 0.15) is 5.03 Å². The summed E-state index contributed by atoms with van der Waals surface area (Å²) in [5.41, 5.74) is -0.223. The fourth-order valence-electron chi connectivity index (χ4n) is 1.06. The molecule has 0 amide bonds. The van der Waals surface area contributed by atoms with Crippen LogP contribution < -0.4 is 5.69 Å². The molecule has 68 valence electrons. The monoisotopic (exact) mass is 188 g/mol. The molecule has 0 fully saturated rings. The molecule has 5 heteroatoms. The van der Waals surface area contributed by atoms with Gasteiger partial charge in [-0.1, -0.05) is 6.92 Å². The average molecular weight is 188 g/mol. The number of thiol groups is 1. The summed E-state index contributed by atoms with van der Waals surface area (Å²) in [6.07, 6.45) is 0.844. The normalized spacial score (nSPS) is 10.6. The topological polar surface area (TPSA) is 47.2 Å². The van der Waals surface area contributed by atoms with Crippen molar-refractivity contribution in [3.05, 3.63) is 10.5 Å². The first-order valence-electron chi connectivity index (χ1n) is 3.77. The molecular formula is C7H12N2O2S. The van der Waals surface area contributed by atoms with E-state index in [-0.39, 0.29) is 11.6 Å². The van der Waals surface area contributed by atoms with Crippen molar-refractivity contribution in [3.63, 3.8) is 0 Å². The third-order valence-electron chi connectivity index (χ3n) is 1.74. The number of imidazole rings is 1. The molecule has 0 bridgehead atoms. The van der Waals surface area contributed by atoms with Crippen LogP contribution in [0.15, 0.2) is 9.82 Å². The van der Waals surface area contributed by atoms with Crippen LogP contribution in [-0.4, -0.2) is 14.2 Å². The van der Waals surface area contributed by atoms with Crippen LogP contribution in [0.3, 0.4) is 0 Å². The first-order chi connectivity index (χ1) is 5.59. The molecule has 1 aromatic heterocycles. The summed E-state index contributed by atoms with van der Waals surface area (Å²) < 4.78 is 2.62. The summed E-state index contributed by atoms with van der Waals surface area (Å²) in [6, 6.07) is 0. The standard InChI is InChI=1S/C7H12N2O2S/c1-3-4-9-6(12)5(10)8(2)7(9)11/h10,12H,3-4H2,1-2H3. The number of nitrogens with zero attached hydrogens (tertiary/aromatic N) is 2. The van der Waals surface area contributed by atoms with Gasteiger partial charge in [-0.15, -0.1) is 12.6 Å². The van der Waals surface area contributed by atoms with E-state index in [1.54, 1.807) is 0 Å². The van der Waals surface area contributed by atoms with Gasteiger partial charge in [0.25, 0.3) is 0 Å². The second-order valence-corrected chi connectivity index (χ2v) is 3.06. The Hall–Kier alpha value is -0.840. The maximum absolute atomic E-state index is 11.3. The Balaban J connectivity index is 3.28. The summed E-state index contributed by atoms with van der Waals surface area (Å²) in [4.78, 5) is 11.3. The molecule has 0 spiro atoms. The fraction of sp³-hybridized carbons (Fsp3) is 0.571. The molecule has 0 aliphatic rings. The van der Waals surface area contributed by atoms with E-state index in [0.29, 0.717) is 11.6 Å². The summed E-state index contributed by atoms with van der Waals surface area (Å²) in [7, 11) is 1.52. The van der Waals surface area contributed by atoms with Crippen molar-refractivity contribution < 1.29 is 5.11 Å². The number of rotatable bonds is 2. The Morgan fingerprint density at radius 2 is 2.17 bits per heavy atom. The van der Waals surface area contributed by atoms with E-state index in [0.717, 1.165) is 6.42 Å². The van der Waals surface area contributed by atoms with Gasteiger partial charge in [-0.25, -0.2) is 4.79 Å². The fourth-order valence-corrected chi connectivity index (χ4v) is 1.39. The SMILES string of the molecule is CCCn1c(S)c(O)n(C)c1=O. The minimum atomic E-state index is -0.223. The third-order valence-corrected chi connectivity index (χ3v) is 2.18. The van der Waals surface area contributed by atoms with E-state index in [9.17, 15) is 9.90 Å². The second-order valence-electron chi connectivity index (χ2n) is 2.64. The Morgan fingerprint density at radius 3 is 2.50 bits per heavy atom. The zero-order chi connectivity index (χ0) is 9.30. The summed E-state index contributed by atoms with van der Waals surface area (Å²) in [5.74, 6) is -0.0724. The lowest BCUT2D eigenvalue weighted by Gasteiger charge is -1.97. The quantitative estimate of drug-likeness (QED) is 0.667. The predicted octanol–water partition coefficient (Wildman–Crippen LogP) is 0.591. The molecule has 0 radical (unpaired) electrons. The largest absolute Gasteiger partial charge is 0.492 e. The van der Waals surface area contributed by atoms with Crippen molar-refractivity contribution in [2.75, 3.05) is 0 Å². The smallest absolute Gasteiger partial charge is 0.331 e. The van der Waals surface area contributed by atoms with Gasteiger partial charge in [0.2, 0.25) is 5.88 Å². The molecule has 12 heavy (non-hydrogen) atoms. The highest BCUT2D eigenvalue weighted by atomic mass is 32.1. The predicted molar refractivity (Wildman–Crippen MR) is 48.9 cm³/mol. The molecule has 0 aromatic carbocycles. The molecule has 0 saturated heterocycles. The van der Waals surface area contributed by atoms with Gasteiger partial charge in [-0.2, -0.15) is 0 Å². The van der Waals surface area contributed by atoms with Crippen molar-refractivity contribution in [2.24, 2.45) is 7.05 Å². The van der Waals surface area contributed by atoms with Crippen molar-refractivity contribution in [3.8, 4) is 5.88 Å². The van der Waals surface area contributed by atoms with E-state index in [4.69, 9.17) is 0 Å². The average Bonchev–Trinajstić information content (AvgIpc) is 2.23. The highest BCUT2D eigenvalue weighted by Gasteiger charge is 2.12. The van der Waals surface area contributed by atoms with Crippen molar-refractivity contribution in [2.45, 2.75) is 24.9 Å². The molecule has 1 heterocycles. The lowest BCUT2D eigenvalue weighted by molar-refractivity contribution is 0.416. The molecular weight excluding hydrogens is 176 g/mol. The zero-order valence-corrected chi connectivity index (χ0v) is 8.01. The van der Waals surface area contributed by atoms with Crippen LogP contribution in [0.1, 0.15) is 13.3 Å². The molecule has 1 rings (SSSR count). The van der Waals surface area contributed by atoms with Crippen LogP contribution in [0, 0.1) is 0 Å². The van der Waals surface area contributed by atoms with Crippen LogP contribution in [0.4, 0.5) is 0 Å². The van der Waals surface area contributed by atoms with Gasteiger partial charge in [-0.05, 0) is 6.42 Å². The third kappa shape index (κ3) is 1.24. The Morgan fingerprint density at radius 1 is 1.58 bits per heavy atom. The van der Waals surface area contributed by atoms with Crippen LogP contribution in [-0.2, 0) is 13.6 Å². The Kier molecular flexibility index (Phi) is 2.52. The first kappa shape index (κ1) is 9.25. The summed E-state index contributed by atoms with van der Waals surface area (Å²) >= 11 is 4.03. The maximum atomic E-state index is 11.3. The number of aromatic nitrogens is 2.